The molecule has 0 bridgehead atoms. The number of carbonyl (C=O) groups is 1. The molecule has 25 heavy (non-hydrogen) atoms. The maximum absolute atomic E-state index is 12.8. The summed E-state index contributed by atoms with van der Waals surface area (Å²) in [6.45, 7) is 2.54. The molecule has 1 aromatic carbocycles. The van der Waals surface area contributed by atoms with Crippen LogP contribution >= 0.6 is 0 Å². The first kappa shape index (κ1) is 17.1. The third kappa shape index (κ3) is 3.84. The number of nitrogens with zero attached hydrogens (tertiary/aromatic N) is 2. The Labute approximate surface area is 142 Å². The summed E-state index contributed by atoms with van der Waals surface area (Å²) < 4.78 is 48.9. The predicted molar refractivity (Wildman–Crippen MR) is 82.8 cm³/mol. The number of aromatic nitrogens is 1. The zero-order valence-corrected chi connectivity index (χ0v) is 13.5. The average Bonchev–Trinajstić information content (AvgIpc) is 3.30. The Kier molecular flexibility index (Phi) is 4.28. The topological polar surface area (TPSA) is 51.4 Å². The SMILES string of the molecule is COc1cc(Oc2cccc(C(F)(F)F)c2)nc(C(=O)N2CC2C)c1. The maximum Gasteiger partial charge on any atom is 0.416 e. The Bertz CT molecular complexity index is 808. The van der Waals surface area contributed by atoms with E-state index in [1.807, 2.05) is 6.92 Å². The molecule has 2 aromatic rings. The van der Waals surface area contributed by atoms with Crippen LogP contribution in [0.3, 0.4) is 0 Å². The second-order valence-corrected chi connectivity index (χ2v) is 5.66. The molecule has 1 saturated heterocycles. The number of alkyl halides is 3. The van der Waals surface area contributed by atoms with Gasteiger partial charge in [0, 0.05) is 24.7 Å². The molecule has 2 heterocycles. The standard InChI is InChI=1S/C17H15F3N2O3/c1-10-9-22(10)16(23)14-7-13(24-2)8-15(21-14)25-12-5-3-4-11(6-12)17(18,19)20/h3-8,10H,9H2,1-2H3. The molecule has 3 rings (SSSR count). The van der Waals surface area contributed by atoms with Gasteiger partial charge in [-0.25, -0.2) is 4.98 Å². The molecule has 1 unspecified atom stereocenters. The number of pyridine rings is 1. The van der Waals surface area contributed by atoms with Crippen molar-refractivity contribution in [3.05, 3.63) is 47.7 Å². The monoisotopic (exact) mass is 352 g/mol. The molecule has 0 radical (unpaired) electrons. The van der Waals surface area contributed by atoms with Crippen molar-refractivity contribution >= 4 is 5.91 Å². The second kappa shape index (κ2) is 6.27. The highest BCUT2D eigenvalue weighted by molar-refractivity contribution is 5.94. The fourth-order valence-corrected chi connectivity index (χ4v) is 2.29. The summed E-state index contributed by atoms with van der Waals surface area (Å²) >= 11 is 0. The van der Waals surface area contributed by atoms with E-state index in [0.29, 0.717) is 12.3 Å². The van der Waals surface area contributed by atoms with Gasteiger partial charge >= 0.3 is 6.18 Å². The zero-order valence-electron chi connectivity index (χ0n) is 13.5. The summed E-state index contributed by atoms with van der Waals surface area (Å²) in [7, 11) is 1.41. The van der Waals surface area contributed by atoms with E-state index < -0.39 is 11.7 Å². The third-order valence-electron chi connectivity index (χ3n) is 3.73. The van der Waals surface area contributed by atoms with Crippen LogP contribution in [0.2, 0.25) is 0 Å². The summed E-state index contributed by atoms with van der Waals surface area (Å²) in [6, 6.07) is 7.45. The van der Waals surface area contributed by atoms with Crippen LogP contribution in [0.1, 0.15) is 23.0 Å². The first-order valence-corrected chi connectivity index (χ1v) is 7.50. The number of hydrogen-bond donors (Lipinski definition) is 0. The van der Waals surface area contributed by atoms with Gasteiger partial charge in [0.05, 0.1) is 12.7 Å². The number of benzene rings is 1. The van der Waals surface area contributed by atoms with E-state index in [-0.39, 0.29) is 29.3 Å². The minimum atomic E-state index is -4.47. The number of methoxy groups -OCH3 is 1. The quantitative estimate of drug-likeness (QED) is 0.787. The first-order valence-electron chi connectivity index (χ1n) is 7.50. The Morgan fingerprint density at radius 1 is 1.24 bits per heavy atom. The van der Waals surface area contributed by atoms with Crippen LogP contribution in [0.4, 0.5) is 13.2 Å². The van der Waals surface area contributed by atoms with Gasteiger partial charge in [-0.15, -0.1) is 0 Å². The molecular formula is C17H15F3N2O3. The minimum Gasteiger partial charge on any atom is -0.496 e. The number of amides is 1. The van der Waals surface area contributed by atoms with Crippen molar-refractivity contribution in [2.24, 2.45) is 0 Å². The molecule has 0 spiro atoms. The Balaban J connectivity index is 1.88. The van der Waals surface area contributed by atoms with Gasteiger partial charge in [-0.3, -0.25) is 4.79 Å². The van der Waals surface area contributed by atoms with Crippen molar-refractivity contribution in [1.29, 1.82) is 0 Å². The molecule has 1 amide bonds. The van der Waals surface area contributed by atoms with E-state index in [1.54, 1.807) is 4.90 Å². The Morgan fingerprint density at radius 3 is 2.56 bits per heavy atom. The van der Waals surface area contributed by atoms with Crippen LogP contribution < -0.4 is 9.47 Å². The lowest BCUT2D eigenvalue weighted by atomic mass is 10.2. The molecule has 1 aliphatic rings. The van der Waals surface area contributed by atoms with Crippen LogP contribution in [-0.2, 0) is 6.18 Å². The molecule has 1 atom stereocenters. The van der Waals surface area contributed by atoms with E-state index in [4.69, 9.17) is 9.47 Å². The molecule has 1 fully saturated rings. The van der Waals surface area contributed by atoms with Crippen LogP contribution in [-0.4, -0.2) is 35.5 Å². The van der Waals surface area contributed by atoms with Crippen molar-refractivity contribution in [3.63, 3.8) is 0 Å². The Morgan fingerprint density at radius 2 is 1.96 bits per heavy atom. The summed E-state index contributed by atoms with van der Waals surface area (Å²) in [4.78, 5) is 18.0. The molecular weight excluding hydrogens is 337 g/mol. The van der Waals surface area contributed by atoms with Gasteiger partial charge in [0.1, 0.15) is 17.2 Å². The molecule has 0 N–H and O–H groups in total. The van der Waals surface area contributed by atoms with Crippen molar-refractivity contribution in [1.82, 2.24) is 9.88 Å². The number of hydrogen-bond acceptors (Lipinski definition) is 4. The number of halogens is 3. The summed E-state index contributed by atoms with van der Waals surface area (Å²) in [5.74, 6) is 0.000669. The first-order chi connectivity index (χ1) is 11.8. The van der Waals surface area contributed by atoms with Gasteiger partial charge in [0.25, 0.3) is 5.91 Å². The highest BCUT2D eigenvalue weighted by Crippen LogP contribution is 2.33. The lowest BCUT2D eigenvalue weighted by Gasteiger charge is -2.11. The molecule has 1 aliphatic heterocycles. The van der Waals surface area contributed by atoms with Crippen molar-refractivity contribution in [2.75, 3.05) is 13.7 Å². The molecule has 1 aromatic heterocycles. The molecule has 8 heteroatoms. The van der Waals surface area contributed by atoms with E-state index in [0.717, 1.165) is 12.1 Å². The Hall–Kier alpha value is -2.77. The fourth-order valence-electron chi connectivity index (χ4n) is 2.29. The van der Waals surface area contributed by atoms with E-state index in [9.17, 15) is 18.0 Å². The van der Waals surface area contributed by atoms with Crippen LogP contribution in [0.25, 0.3) is 0 Å². The van der Waals surface area contributed by atoms with E-state index >= 15 is 0 Å². The number of carbonyl (C=O) groups excluding carboxylic acids is 1. The fraction of sp³-hybridized carbons (Fsp3) is 0.294. The normalized spacial score (nSPS) is 16.5. The molecule has 5 nitrogen and oxygen atoms in total. The lowest BCUT2D eigenvalue weighted by molar-refractivity contribution is -0.137. The summed E-state index contributed by atoms with van der Waals surface area (Å²) in [5, 5.41) is 0. The smallest absolute Gasteiger partial charge is 0.416 e. The van der Waals surface area contributed by atoms with Gasteiger partial charge < -0.3 is 14.4 Å². The largest absolute Gasteiger partial charge is 0.496 e. The van der Waals surface area contributed by atoms with Gasteiger partial charge in [0.15, 0.2) is 0 Å². The third-order valence-corrected chi connectivity index (χ3v) is 3.73. The highest BCUT2D eigenvalue weighted by Gasteiger charge is 2.36. The minimum absolute atomic E-state index is 0.0171. The van der Waals surface area contributed by atoms with Crippen LogP contribution in [0.15, 0.2) is 36.4 Å². The van der Waals surface area contributed by atoms with Crippen molar-refractivity contribution in [2.45, 2.75) is 19.1 Å². The predicted octanol–water partition coefficient (Wildman–Crippen LogP) is 3.75. The van der Waals surface area contributed by atoms with Gasteiger partial charge in [0.2, 0.25) is 5.88 Å². The lowest BCUT2D eigenvalue weighted by Crippen LogP contribution is -2.14. The van der Waals surface area contributed by atoms with Crippen molar-refractivity contribution in [3.8, 4) is 17.4 Å². The number of rotatable bonds is 4. The van der Waals surface area contributed by atoms with Gasteiger partial charge in [-0.1, -0.05) is 6.07 Å². The highest BCUT2D eigenvalue weighted by atomic mass is 19.4. The van der Waals surface area contributed by atoms with Gasteiger partial charge in [-0.05, 0) is 25.1 Å². The van der Waals surface area contributed by atoms with E-state index in [1.165, 1.54) is 31.4 Å². The van der Waals surface area contributed by atoms with Gasteiger partial charge in [-0.2, -0.15) is 13.2 Å². The summed E-state index contributed by atoms with van der Waals surface area (Å²) in [6.07, 6.45) is -4.47. The maximum atomic E-state index is 12.8. The molecule has 0 saturated carbocycles. The second-order valence-electron chi connectivity index (χ2n) is 5.66. The van der Waals surface area contributed by atoms with E-state index in [2.05, 4.69) is 4.98 Å². The zero-order chi connectivity index (χ0) is 18.2. The van der Waals surface area contributed by atoms with Crippen LogP contribution in [0.5, 0.6) is 17.4 Å². The van der Waals surface area contributed by atoms with Crippen LogP contribution in [0, 0.1) is 0 Å². The molecule has 0 aliphatic carbocycles. The number of ether oxygens (including phenoxy) is 2. The summed E-state index contributed by atoms with van der Waals surface area (Å²) in [5.41, 5.74) is -0.715. The average molecular weight is 352 g/mol. The molecule has 132 valence electrons. The van der Waals surface area contributed by atoms with Crippen molar-refractivity contribution < 1.29 is 27.4 Å².